The highest BCUT2D eigenvalue weighted by Gasteiger charge is 2.19. The highest BCUT2D eigenvalue weighted by molar-refractivity contribution is 5.75. The zero-order valence-corrected chi connectivity index (χ0v) is 10.3. The normalized spacial score (nSPS) is 12.0. The van der Waals surface area contributed by atoms with Crippen LogP contribution in [0.4, 0.5) is 0 Å². The molecule has 0 saturated heterocycles. The molecule has 1 unspecified atom stereocenters. The van der Waals surface area contributed by atoms with Crippen LogP contribution in [0.25, 0.3) is 0 Å². The van der Waals surface area contributed by atoms with Gasteiger partial charge in [0.25, 0.3) is 0 Å². The number of rotatable bonds is 6. The Morgan fingerprint density at radius 1 is 1.05 bits per heavy atom. The quantitative estimate of drug-likeness (QED) is 0.781. The molecular weight excluding hydrogens is 242 g/mol. The van der Waals surface area contributed by atoms with Gasteiger partial charge < -0.3 is 5.11 Å². The van der Waals surface area contributed by atoms with Crippen molar-refractivity contribution in [3.63, 3.8) is 0 Å². The van der Waals surface area contributed by atoms with Gasteiger partial charge in [-0.3, -0.25) is 9.63 Å². The smallest absolute Gasteiger partial charge is 0.327 e. The highest BCUT2D eigenvalue weighted by atomic mass is 16.6. The minimum atomic E-state index is -0.973. The zero-order valence-electron chi connectivity index (χ0n) is 10.3. The topological polar surface area (TPSA) is 58.6 Å². The van der Waals surface area contributed by atoms with Crippen molar-refractivity contribution in [2.45, 2.75) is 12.6 Å². The van der Waals surface area contributed by atoms with Crippen molar-refractivity contribution in [2.24, 2.45) is 0 Å². The van der Waals surface area contributed by atoms with E-state index >= 15 is 0 Å². The molecule has 2 aromatic rings. The fourth-order valence-electron chi connectivity index (χ4n) is 1.69. The Hall–Kier alpha value is -2.17. The second-order valence-corrected chi connectivity index (χ2v) is 4.07. The van der Waals surface area contributed by atoms with E-state index in [-0.39, 0.29) is 0 Å². The number of carboxylic acid groups (broad SMARTS) is 1. The number of nitrogens with one attached hydrogen (secondary N) is 1. The van der Waals surface area contributed by atoms with E-state index < -0.39 is 12.0 Å². The van der Waals surface area contributed by atoms with Gasteiger partial charge in [-0.1, -0.05) is 60.7 Å². The fraction of sp³-hybridized carbons (Fsp3) is 0.133. The minimum Gasteiger partial charge on any atom is -0.480 e. The summed E-state index contributed by atoms with van der Waals surface area (Å²) in [5.74, 6) is -0.973. The molecule has 0 aromatic heterocycles. The van der Waals surface area contributed by atoms with Gasteiger partial charge in [-0.25, -0.2) is 0 Å². The number of hydrogen-bond acceptors (Lipinski definition) is 3. The lowest BCUT2D eigenvalue weighted by Crippen LogP contribution is -2.28. The molecule has 1 atom stereocenters. The third-order valence-corrected chi connectivity index (χ3v) is 2.66. The summed E-state index contributed by atoms with van der Waals surface area (Å²) >= 11 is 0. The Kier molecular flexibility index (Phi) is 4.66. The SMILES string of the molecule is O=C(O)C(NOCc1ccccc1)c1ccccc1. The summed E-state index contributed by atoms with van der Waals surface area (Å²) in [6.07, 6.45) is 0. The number of benzene rings is 2. The maximum absolute atomic E-state index is 11.2. The van der Waals surface area contributed by atoms with E-state index in [0.29, 0.717) is 12.2 Å². The molecule has 0 aliphatic rings. The van der Waals surface area contributed by atoms with Crippen LogP contribution in [-0.4, -0.2) is 11.1 Å². The van der Waals surface area contributed by atoms with Crippen molar-refractivity contribution < 1.29 is 14.7 Å². The lowest BCUT2D eigenvalue weighted by molar-refractivity contribution is -0.144. The van der Waals surface area contributed by atoms with Crippen LogP contribution in [0.2, 0.25) is 0 Å². The second-order valence-electron chi connectivity index (χ2n) is 4.07. The first-order valence-corrected chi connectivity index (χ1v) is 5.96. The van der Waals surface area contributed by atoms with E-state index in [2.05, 4.69) is 5.48 Å². The van der Waals surface area contributed by atoms with Crippen LogP contribution in [0, 0.1) is 0 Å². The van der Waals surface area contributed by atoms with Gasteiger partial charge in [0.2, 0.25) is 0 Å². The molecule has 2 N–H and O–H groups in total. The zero-order chi connectivity index (χ0) is 13.5. The molecule has 0 aliphatic carbocycles. The molecule has 0 radical (unpaired) electrons. The van der Waals surface area contributed by atoms with Crippen LogP contribution >= 0.6 is 0 Å². The molecule has 2 aromatic carbocycles. The first kappa shape index (κ1) is 13.3. The van der Waals surface area contributed by atoms with Crippen molar-refractivity contribution >= 4 is 5.97 Å². The Bertz CT molecular complexity index is 513. The average molecular weight is 257 g/mol. The Balaban J connectivity index is 1.94. The van der Waals surface area contributed by atoms with Gasteiger partial charge in [0.15, 0.2) is 6.04 Å². The van der Waals surface area contributed by atoms with Gasteiger partial charge in [-0.15, -0.1) is 0 Å². The van der Waals surface area contributed by atoms with Gasteiger partial charge in [0.05, 0.1) is 6.61 Å². The van der Waals surface area contributed by atoms with Crippen molar-refractivity contribution in [1.29, 1.82) is 0 Å². The summed E-state index contributed by atoms with van der Waals surface area (Å²) in [7, 11) is 0. The van der Waals surface area contributed by atoms with Crippen LogP contribution in [0.5, 0.6) is 0 Å². The summed E-state index contributed by atoms with van der Waals surface area (Å²) < 4.78 is 0. The predicted octanol–water partition coefficient (Wildman–Crippen LogP) is 2.53. The summed E-state index contributed by atoms with van der Waals surface area (Å²) in [6, 6.07) is 17.6. The molecule has 0 saturated carbocycles. The second kappa shape index (κ2) is 6.68. The maximum atomic E-state index is 11.2. The predicted molar refractivity (Wildman–Crippen MR) is 71.2 cm³/mol. The molecule has 2 rings (SSSR count). The Morgan fingerprint density at radius 3 is 2.21 bits per heavy atom. The van der Waals surface area contributed by atoms with Crippen LogP contribution in [-0.2, 0) is 16.2 Å². The lowest BCUT2D eigenvalue weighted by atomic mass is 10.1. The highest BCUT2D eigenvalue weighted by Crippen LogP contribution is 2.13. The van der Waals surface area contributed by atoms with Crippen LogP contribution in [0.3, 0.4) is 0 Å². The molecule has 0 aliphatic heterocycles. The molecule has 98 valence electrons. The third kappa shape index (κ3) is 3.91. The molecule has 4 heteroatoms. The van der Waals surface area contributed by atoms with Gasteiger partial charge in [0.1, 0.15) is 0 Å². The fourth-order valence-corrected chi connectivity index (χ4v) is 1.69. The molecular formula is C15H15NO3. The summed E-state index contributed by atoms with van der Waals surface area (Å²) in [5.41, 5.74) is 4.22. The standard InChI is InChI=1S/C15H15NO3/c17-15(18)14(13-9-5-2-6-10-13)16-19-11-12-7-3-1-4-8-12/h1-10,14,16H,11H2,(H,17,18). The number of carboxylic acids is 1. The van der Waals surface area contributed by atoms with E-state index in [0.717, 1.165) is 5.56 Å². The first-order chi connectivity index (χ1) is 9.27. The number of hydroxylamine groups is 1. The van der Waals surface area contributed by atoms with Crippen LogP contribution < -0.4 is 5.48 Å². The van der Waals surface area contributed by atoms with E-state index in [9.17, 15) is 9.90 Å². The summed E-state index contributed by atoms with van der Waals surface area (Å²) in [6.45, 7) is 0.317. The van der Waals surface area contributed by atoms with E-state index in [1.165, 1.54) is 0 Å². The van der Waals surface area contributed by atoms with Crippen molar-refractivity contribution in [1.82, 2.24) is 5.48 Å². The van der Waals surface area contributed by atoms with Gasteiger partial charge in [-0.2, -0.15) is 5.48 Å². The third-order valence-electron chi connectivity index (χ3n) is 2.66. The van der Waals surface area contributed by atoms with Gasteiger partial charge in [-0.05, 0) is 11.1 Å². The molecule has 0 heterocycles. The Morgan fingerprint density at radius 2 is 1.63 bits per heavy atom. The van der Waals surface area contributed by atoms with Crippen molar-refractivity contribution in [2.75, 3.05) is 0 Å². The monoisotopic (exact) mass is 257 g/mol. The molecule has 19 heavy (non-hydrogen) atoms. The summed E-state index contributed by atoms with van der Waals surface area (Å²) in [4.78, 5) is 16.5. The minimum absolute atomic E-state index is 0.317. The molecule has 0 amide bonds. The molecule has 4 nitrogen and oxygen atoms in total. The van der Waals surface area contributed by atoms with Crippen molar-refractivity contribution in [3.05, 3.63) is 71.8 Å². The maximum Gasteiger partial charge on any atom is 0.327 e. The van der Waals surface area contributed by atoms with Crippen LogP contribution in [0.1, 0.15) is 17.2 Å². The van der Waals surface area contributed by atoms with Gasteiger partial charge in [0, 0.05) is 0 Å². The number of aliphatic carboxylic acids is 1. The first-order valence-electron chi connectivity index (χ1n) is 5.96. The Labute approximate surface area is 111 Å². The lowest BCUT2D eigenvalue weighted by Gasteiger charge is -2.14. The summed E-state index contributed by atoms with van der Waals surface area (Å²) in [5, 5.41) is 9.18. The van der Waals surface area contributed by atoms with E-state index in [1.807, 2.05) is 36.4 Å². The van der Waals surface area contributed by atoms with Gasteiger partial charge >= 0.3 is 5.97 Å². The van der Waals surface area contributed by atoms with Crippen LogP contribution in [0.15, 0.2) is 60.7 Å². The van der Waals surface area contributed by atoms with E-state index in [1.54, 1.807) is 24.3 Å². The molecule has 0 bridgehead atoms. The molecule has 0 spiro atoms. The largest absolute Gasteiger partial charge is 0.480 e. The van der Waals surface area contributed by atoms with Crippen molar-refractivity contribution in [3.8, 4) is 0 Å². The number of carbonyl (C=O) groups is 1. The van der Waals surface area contributed by atoms with E-state index in [4.69, 9.17) is 4.84 Å². The average Bonchev–Trinajstić information content (AvgIpc) is 2.45. The number of hydrogen-bond donors (Lipinski definition) is 2. The molecule has 0 fully saturated rings.